The van der Waals surface area contributed by atoms with Gasteiger partial charge < -0.3 is 14.9 Å². The maximum atomic E-state index is 12.7. The van der Waals surface area contributed by atoms with Crippen molar-refractivity contribution in [1.82, 2.24) is 4.90 Å². The molecule has 4 heteroatoms. The van der Waals surface area contributed by atoms with E-state index in [0.29, 0.717) is 18.8 Å². The highest BCUT2D eigenvalue weighted by Crippen LogP contribution is 2.27. The summed E-state index contributed by atoms with van der Waals surface area (Å²) < 4.78 is 0. The van der Waals surface area contributed by atoms with Gasteiger partial charge >= 0.3 is 0 Å². The van der Waals surface area contributed by atoms with E-state index >= 15 is 0 Å². The molecule has 0 aliphatic carbocycles. The number of phenols is 1. The van der Waals surface area contributed by atoms with Crippen molar-refractivity contribution in [2.24, 2.45) is 0 Å². The number of nitrogens with zero attached hydrogens (tertiary/aromatic N) is 2. The summed E-state index contributed by atoms with van der Waals surface area (Å²) in [5.41, 5.74) is 2.90. The predicted molar refractivity (Wildman–Crippen MR) is 101 cm³/mol. The van der Waals surface area contributed by atoms with E-state index in [4.69, 9.17) is 0 Å². The molecule has 2 aromatic rings. The van der Waals surface area contributed by atoms with Crippen molar-refractivity contribution in [2.45, 2.75) is 26.2 Å². The van der Waals surface area contributed by atoms with Crippen LogP contribution in [-0.4, -0.2) is 42.1 Å². The van der Waals surface area contributed by atoms with Crippen LogP contribution in [0, 0.1) is 0 Å². The Labute approximate surface area is 149 Å². The monoisotopic (exact) mass is 338 g/mol. The standard InChI is InChI=1S/C21H26N2O2/c1-21(2,3)17-10-8-16(9-11-17)20(25)23-14-12-22(13-15-23)18-6-4-5-7-19(18)24/h4-11,24H,12-15H2,1-3H3. The van der Waals surface area contributed by atoms with E-state index < -0.39 is 0 Å². The second-order valence-electron chi connectivity index (χ2n) is 7.60. The van der Waals surface area contributed by atoms with Crippen molar-refractivity contribution >= 4 is 11.6 Å². The summed E-state index contributed by atoms with van der Waals surface area (Å²) >= 11 is 0. The number of benzene rings is 2. The molecular formula is C21H26N2O2. The van der Waals surface area contributed by atoms with E-state index in [0.717, 1.165) is 24.3 Å². The molecule has 4 nitrogen and oxygen atoms in total. The van der Waals surface area contributed by atoms with Gasteiger partial charge in [-0.15, -0.1) is 0 Å². The highest BCUT2D eigenvalue weighted by atomic mass is 16.3. The molecule has 0 saturated carbocycles. The van der Waals surface area contributed by atoms with Gasteiger partial charge in [-0.25, -0.2) is 0 Å². The van der Waals surface area contributed by atoms with Gasteiger partial charge in [-0.3, -0.25) is 4.79 Å². The summed E-state index contributed by atoms with van der Waals surface area (Å²) in [6.07, 6.45) is 0. The fourth-order valence-electron chi connectivity index (χ4n) is 3.18. The van der Waals surface area contributed by atoms with Crippen molar-refractivity contribution in [3.63, 3.8) is 0 Å². The number of aromatic hydroxyl groups is 1. The lowest BCUT2D eigenvalue weighted by atomic mass is 9.86. The quantitative estimate of drug-likeness (QED) is 0.909. The van der Waals surface area contributed by atoms with Gasteiger partial charge in [-0.2, -0.15) is 0 Å². The Morgan fingerprint density at radius 2 is 1.52 bits per heavy atom. The Bertz CT molecular complexity index is 739. The van der Waals surface area contributed by atoms with Gasteiger partial charge in [-0.05, 0) is 35.2 Å². The second kappa shape index (κ2) is 6.79. The van der Waals surface area contributed by atoms with Gasteiger partial charge in [0.25, 0.3) is 5.91 Å². The molecule has 0 radical (unpaired) electrons. The summed E-state index contributed by atoms with van der Waals surface area (Å²) in [5.74, 6) is 0.373. The number of hydrogen-bond donors (Lipinski definition) is 1. The molecular weight excluding hydrogens is 312 g/mol. The number of para-hydroxylation sites is 2. The van der Waals surface area contributed by atoms with Crippen LogP contribution < -0.4 is 4.90 Å². The smallest absolute Gasteiger partial charge is 0.253 e. The summed E-state index contributed by atoms with van der Waals surface area (Å²) in [5, 5.41) is 9.99. The number of amides is 1. The summed E-state index contributed by atoms with van der Waals surface area (Å²) in [6.45, 7) is 9.28. The molecule has 1 aliphatic rings. The highest BCUT2D eigenvalue weighted by Gasteiger charge is 2.23. The van der Waals surface area contributed by atoms with Gasteiger partial charge in [0.05, 0.1) is 5.69 Å². The van der Waals surface area contributed by atoms with Crippen LogP contribution in [0.4, 0.5) is 5.69 Å². The fourth-order valence-corrected chi connectivity index (χ4v) is 3.18. The average molecular weight is 338 g/mol. The third-order valence-electron chi connectivity index (χ3n) is 4.79. The van der Waals surface area contributed by atoms with Crippen molar-refractivity contribution in [3.05, 3.63) is 59.7 Å². The van der Waals surface area contributed by atoms with E-state index in [-0.39, 0.29) is 11.3 Å². The molecule has 1 fully saturated rings. The van der Waals surface area contributed by atoms with Crippen LogP contribution in [0.5, 0.6) is 5.75 Å². The lowest BCUT2D eigenvalue weighted by molar-refractivity contribution is 0.0746. The number of phenolic OH excluding ortho intramolecular Hbond substituents is 1. The van der Waals surface area contributed by atoms with Crippen LogP contribution in [0.15, 0.2) is 48.5 Å². The Morgan fingerprint density at radius 1 is 0.920 bits per heavy atom. The minimum absolute atomic E-state index is 0.0809. The van der Waals surface area contributed by atoms with Crippen LogP contribution in [0.1, 0.15) is 36.7 Å². The molecule has 0 spiro atoms. The third-order valence-corrected chi connectivity index (χ3v) is 4.79. The van der Waals surface area contributed by atoms with Gasteiger partial charge in [0, 0.05) is 31.7 Å². The number of piperazine rings is 1. The van der Waals surface area contributed by atoms with Crippen LogP contribution in [0.3, 0.4) is 0 Å². The molecule has 25 heavy (non-hydrogen) atoms. The van der Waals surface area contributed by atoms with E-state index in [1.54, 1.807) is 6.07 Å². The largest absolute Gasteiger partial charge is 0.506 e. The van der Waals surface area contributed by atoms with E-state index in [9.17, 15) is 9.90 Å². The van der Waals surface area contributed by atoms with Crippen molar-refractivity contribution < 1.29 is 9.90 Å². The Morgan fingerprint density at radius 3 is 2.08 bits per heavy atom. The van der Waals surface area contributed by atoms with Crippen LogP contribution >= 0.6 is 0 Å². The number of rotatable bonds is 2. The lowest BCUT2D eigenvalue weighted by Crippen LogP contribution is -2.48. The van der Waals surface area contributed by atoms with E-state index in [2.05, 4.69) is 25.7 Å². The average Bonchev–Trinajstić information content (AvgIpc) is 2.61. The van der Waals surface area contributed by atoms with Crippen molar-refractivity contribution in [3.8, 4) is 5.75 Å². The first kappa shape index (κ1) is 17.3. The number of carbonyl (C=O) groups is 1. The third kappa shape index (κ3) is 3.78. The molecule has 0 atom stereocenters. The minimum atomic E-state index is 0.0809. The zero-order valence-corrected chi connectivity index (χ0v) is 15.2. The molecule has 0 aromatic heterocycles. The molecule has 3 rings (SSSR count). The van der Waals surface area contributed by atoms with Crippen molar-refractivity contribution in [2.75, 3.05) is 31.1 Å². The first-order valence-electron chi connectivity index (χ1n) is 8.79. The van der Waals surface area contributed by atoms with Gasteiger partial charge in [-0.1, -0.05) is 45.0 Å². The molecule has 1 aliphatic heterocycles. The zero-order chi connectivity index (χ0) is 18.0. The SMILES string of the molecule is CC(C)(C)c1ccc(C(=O)N2CCN(c3ccccc3O)CC2)cc1. The van der Waals surface area contributed by atoms with Gasteiger partial charge in [0.1, 0.15) is 5.75 Å². The van der Waals surface area contributed by atoms with Crippen LogP contribution in [0.25, 0.3) is 0 Å². The number of anilines is 1. The van der Waals surface area contributed by atoms with Gasteiger partial charge in [0.15, 0.2) is 0 Å². The predicted octanol–water partition coefficient (Wildman–Crippen LogP) is 3.65. The molecule has 1 N–H and O–H groups in total. The van der Waals surface area contributed by atoms with Crippen LogP contribution in [-0.2, 0) is 5.41 Å². The molecule has 0 bridgehead atoms. The zero-order valence-electron chi connectivity index (χ0n) is 15.2. The topological polar surface area (TPSA) is 43.8 Å². The molecule has 1 amide bonds. The van der Waals surface area contributed by atoms with E-state index in [1.807, 2.05) is 47.4 Å². The summed E-state index contributed by atoms with van der Waals surface area (Å²) in [7, 11) is 0. The van der Waals surface area contributed by atoms with E-state index in [1.165, 1.54) is 5.56 Å². The number of hydrogen-bond acceptors (Lipinski definition) is 3. The fraction of sp³-hybridized carbons (Fsp3) is 0.381. The minimum Gasteiger partial charge on any atom is -0.506 e. The van der Waals surface area contributed by atoms with Crippen LogP contribution in [0.2, 0.25) is 0 Å². The summed E-state index contributed by atoms with van der Waals surface area (Å²) in [4.78, 5) is 16.7. The Balaban J connectivity index is 1.65. The molecule has 1 heterocycles. The first-order valence-corrected chi connectivity index (χ1v) is 8.79. The maximum Gasteiger partial charge on any atom is 0.253 e. The molecule has 1 saturated heterocycles. The number of carbonyl (C=O) groups excluding carboxylic acids is 1. The van der Waals surface area contributed by atoms with Gasteiger partial charge in [0.2, 0.25) is 0 Å². The maximum absolute atomic E-state index is 12.7. The van der Waals surface area contributed by atoms with Crippen molar-refractivity contribution in [1.29, 1.82) is 0 Å². The Hall–Kier alpha value is -2.49. The molecule has 0 unspecified atom stereocenters. The lowest BCUT2D eigenvalue weighted by Gasteiger charge is -2.36. The first-order chi connectivity index (χ1) is 11.9. The summed E-state index contributed by atoms with van der Waals surface area (Å²) in [6, 6.07) is 15.3. The normalized spacial score (nSPS) is 15.3. The second-order valence-corrected chi connectivity index (χ2v) is 7.60. The molecule has 2 aromatic carbocycles. The Kier molecular flexibility index (Phi) is 4.71. The highest BCUT2D eigenvalue weighted by molar-refractivity contribution is 5.94. The molecule has 132 valence electrons.